The number of aromatic amines is 1. The highest BCUT2D eigenvalue weighted by Gasteiger charge is 2.31. The molecule has 0 saturated carbocycles. The van der Waals surface area contributed by atoms with Crippen LogP contribution in [0.5, 0.6) is 5.75 Å². The monoisotopic (exact) mass is 453 g/mol. The van der Waals surface area contributed by atoms with Crippen LogP contribution in [0.2, 0.25) is 5.02 Å². The van der Waals surface area contributed by atoms with Gasteiger partial charge in [-0.1, -0.05) is 11.6 Å². The SMILES string of the molecule is O=C(c1cc(OCC(F)(F)F)ccc1[N+](=O)[O-])N1CCc2[nH]c3ccc(Cl)cc3c2C1. The van der Waals surface area contributed by atoms with Crippen molar-refractivity contribution < 1.29 is 27.6 Å². The molecule has 0 aliphatic carbocycles. The lowest BCUT2D eigenvalue weighted by Crippen LogP contribution is -2.36. The Bertz CT molecular complexity index is 1190. The number of halogens is 4. The van der Waals surface area contributed by atoms with E-state index in [-0.39, 0.29) is 24.4 Å². The Balaban J connectivity index is 1.65. The van der Waals surface area contributed by atoms with Gasteiger partial charge in [-0.05, 0) is 30.3 Å². The molecule has 4 rings (SSSR count). The molecule has 1 N–H and O–H groups in total. The second-order valence-electron chi connectivity index (χ2n) is 7.09. The van der Waals surface area contributed by atoms with Gasteiger partial charge in [0.2, 0.25) is 0 Å². The van der Waals surface area contributed by atoms with Crippen LogP contribution in [0, 0.1) is 10.1 Å². The third kappa shape index (κ3) is 4.29. The molecule has 0 radical (unpaired) electrons. The van der Waals surface area contributed by atoms with E-state index in [1.807, 2.05) is 6.07 Å². The lowest BCUT2D eigenvalue weighted by atomic mass is 10.0. The second-order valence-corrected chi connectivity index (χ2v) is 7.53. The van der Waals surface area contributed by atoms with E-state index in [2.05, 4.69) is 9.72 Å². The van der Waals surface area contributed by atoms with E-state index >= 15 is 0 Å². The van der Waals surface area contributed by atoms with E-state index in [1.165, 1.54) is 4.90 Å². The summed E-state index contributed by atoms with van der Waals surface area (Å²) < 4.78 is 42.0. The lowest BCUT2D eigenvalue weighted by Gasteiger charge is -2.27. The average Bonchev–Trinajstić information content (AvgIpc) is 3.08. The van der Waals surface area contributed by atoms with Gasteiger partial charge in [0.05, 0.1) is 4.92 Å². The van der Waals surface area contributed by atoms with Crippen molar-refractivity contribution in [1.29, 1.82) is 0 Å². The summed E-state index contributed by atoms with van der Waals surface area (Å²) in [6, 6.07) is 8.33. The molecule has 0 fully saturated rings. The number of ether oxygens (including phenoxy) is 1. The molecule has 2 heterocycles. The maximum absolute atomic E-state index is 13.1. The first-order valence-corrected chi connectivity index (χ1v) is 9.56. The van der Waals surface area contributed by atoms with Gasteiger partial charge in [0, 0.05) is 52.8 Å². The number of H-pyrrole nitrogens is 1. The standard InChI is InChI=1S/C20H15ClF3N3O4/c21-11-1-3-16-13(7-11)15-9-26(6-5-17(15)25-16)19(28)14-8-12(31-10-20(22,23)24)2-4-18(14)27(29)30/h1-4,7-8,25H,5-6,9-10H2. The molecule has 162 valence electrons. The lowest BCUT2D eigenvalue weighted by molar-refractivity contribution is -0.385. The molecular weight excluding hydrogens is 439 g/mol. The second kappa shape index (κ2) is 7.77. The van der Waals surface area contributed by atoms with Crippen molar-refractivity contribution in [1.82, 2.24) is 9.88 Å². The Kier molecular flexibility index (Phi) is 5.26. The fraction of sp³-hybridized carbons (Fsp3) is 0.250. The minimum absolute atomic E-state index is 0.180. The third-order valence-corrected chi connectivity index (χ3v) is 5.26. The van der Waals surface area contributed by atoms with Crippen molar-refractivity contribution in [3.63, 3.8) is 0 Å². The highest BCUT2D eigenvalue weighted by Crippen LogP contribution is 2.32. The first-order valence-electron chi connectivity index (χ1n) is 9.18. The number of aromatic nitrogens is 1. The molecule has 3 aromatic rings. The van der Waals surface area contributed by atoms with E-state index in [0.717, 1.165) is 40.4 Å². The number of fused-ring (bicyclic) bond motifs is 3. The Morgan fingerprint density at radius 1 is 1.26 bits per heavy atom. The van der Waals surface area contributed by atoms with Gasteiger partial charge in [0.1, 0.15) is 11.3 Å². The number of carbonyl (C=O) groups excluding carboxylic acids is 1. The Labute approximate surface area is 178 Å². The molecule has 1 amide bonds. The third-order valence-electron chi connectivity index (χ3n) is 5.02. The highest BCUT2D eigenvalue weighted by atomic mass is 35.5. The van der Waals surface area contributed by atoms with Crippen LogP contribution in [0.15, 0.2) is 36.4 Å². The van der Waals surface area contributed by atoms with Crippen molar-refractivity contribution >= 4 is 34.1 Å². The Morgan fingerprint density at radius 2 is 2.03 bits per heavy atom. The molecular formula is C20H15ClF3N3O4. The maximum atomic E-state index is 13.1. The van der Waals surface area contributed by atoms with E-state index in [0.29, 0.717) is 11.4 Å². The number of nitro benzene ring substituents is 1. The molecule has 1 aliphatic heterocycles. The van der Waals surface area contributed by atoms with Crippen LogP contribution in [0.1, 0.15) is 21.6 Å². The molecule has 0 bridgehead atoms. The molecule has 11 heteroatoms. The number of benzene rings is 2. The number of nitrogens with zero attached hydrogens (tertiary/aromatic N) is 2. The van der Waals surface area contributed by atoms with Gasteiger partial charge in [-0.25, -0.2) is 0 Å². The summed E-state index contributed by atoms with van der Waals surface area (Å²) in [5, 5.41) is 12.8. The first kappa shape index (κ1) is 21.0. The van der Waals surface area contributed by atoms with E-state index < -0.39 is 29.3 Å². The number of amides is 1. The minimum Gasteiger partial charge on any atom is -0.484 e. The Hall–Kier alpha value is -3.27. The predicted octanol–water partition coefficient (Wildman–Crippen LogP) is 4.87. The zero-order valence-electron chi connectivity index (χ0n) is 15.8. The van der Waals surface area contributed by atoms with E-state index in [9.17, 15) is 28.1 Å². The van der Waals surface area contributed by atoms with Crippen molar-refractivity contribution in [2.45, 2.75) is 19.1 Å². The van der Waals surface area contributed by atoms with Crippen molar-refractivity contribution in [3.05, 3.63) is 68.4 Å². The quantitative estimate of drug-likeness (QED) is 0.451. The molecule has 1 aromatic heterocycles. The average molecular weight is 454 g/mol. The highest BCUT2D eigenvalue weighted by molar-refractivity contribution is 6.31. The number of hydrogen-bond donors (Lipinski definition) is 1. The van der Waals surface area contributed by atoms with Crippen molar-refractivity contribution in [2.75, 3.05) is 13.2 Å². The van der Waals surface area contributed by atoms with Gasteiger partial charge in [0.25, 0.3) is 11.6 Å². The number of alkyl halides is 3. The molecule has 0 unspecified atom stereocenters. The smallest absolute Gasteiger partial charge is 0.422 e. The predicted molar refractivity (Wildman–Crippen MR) is 106 cm³/mol. The molecule has 7 nitrogen and oxygen atoms in total. The van der Waals surface area contributed by atoms with Crippen LogP contribution in [0.25, 0.3) is 10.9 Å². The topological polar surface area (TPSA) is 88.5 Å². The number of nitro groups is 1. The Morgan fingerprint density at radius 3 is 2.74 bits per heavy atom. The molecule has 2 aromatic carbocycles. The first-order chi connectivity index (χ1) is 14.6. The molecule has 0 atom stereocenters. The zero-order chi connectivity index (χ0) is 22.3. The van der Waals surface area contributed by atoms with Gasteiger partial charge >= 0.3 is 6.18 Å². The van der Waals surface area contributed by atoms with Gasteiger partial charge in [-0.15, -0.1) is 0 Å². The number of rotatable bonds is 4. The summed E-state index contributed by atoms with van der Waals surface area (Å²) in [6.07, 6.45) is -4.09. The number of carbonyl (C=O) groups is 1. The molecule has 31 heavy (non-hydrogen) atoms. The normalized spacial score (nSPS) is 13.9. The van der Waals surface area contributed by atoms with Crippen molar-refractivity contribution in [3.8, 4) is 5.75 Å². The number of nitrogens with one attached hydrogen (secondary N) is 1. The van der Waals surface area contributed by atoms with Gasteiger partial charge in [0.15, 0.2) is 6.61 Å². The molecule has 0 spiro atoms. The zero-order valence-corrected chi connectivity index (χ0v) is 16.6. The van der Waals surface area contributed by atoms with E-state index in [4.69, 9.17) is 11.6 Å². The van der Waals surface area contributed by atoms with Crippen LogP contribution in [0.4, 0.5) is 18.9 Å². The van der Waals surface area contributed by atoms with Crippen LogP contribution >= 0.6 is 11.6 Å². The largest absolute Gasteiger partial charge is 0.484 e. The summed E-state index contributed by atoms with van der Waals surface area (Å²) in [4.78, 5) is 28.5. The van der Waals surface area contributed by atoms with Crippen molar-refractivity contribution in [2.24, 2.45) is 0 Å². The van der Waals surface area contributed by atoms with Gasteiger partial charge < -0.3 is 14.6 Å². The van der Waals surface area contributed by atoms with Crippen LogP contribution in [-0.4, -0.2) is 40.0 Å². The summed E-state index contributed by atoms with van der Waals surface area (Å²) in [5.74, 6) is -0.936. The van der Waals surface area contributed by atoms with E-state index in [1.54, 1.807) is 12.1 Å². The fourth-order valence-electron chi connectivity index (χ4n) is 3.63. The maximum Gasteiger partial charge on any atom is 0.422 e. The molecule has 1 aliphatic rings. The van der Waals surface area contributed by atoms with Gasteiger partial charge in [-0.2, -0.15) is 13.2 Å². The van der Waals surface area contributed by atoms with Crippen LogP contribution in [-0.2, 0) is 13.0 Å². The summed E-state index contributed by atoms with van der Waals surface area (Å²) in [6.45, 7) is -1.10. The summed E-state index contributed by atoms with van der Waals surface area (Å²) >= 11 is 6.08. The van der Waals surface area contributed by atoms with Crippen LogP contribution < -0.4 is 4.74 Å². The summed E-state index contributed by atoms with van der Waals surface area (Å²) in [7, 11) is 0. The minimum atomic E-state index is -4.58. The van der Waals surface area contributed by atoms with Crippen LogP contribution in [0.3, 0.4) is 0 Å². The summed E-state index contributed by atoms with van der Waals surface area (Å²) in [5.41, 5.74) is 1.82. The number of hydrogen-bond acceptors (Lipinski definition) is 4. The molecule has 0 saturated heterocycles. The van der Waals surface area contributed by atoms with Gasteiger partial charge in [-0.3, -0.25) is 14.9 Å². The fourth-order valence-corrected chi connectivity index (χ4v) is 3.80.